The first-order valence-corrected chi connectivity index (χ1v) is 5.47. The maximum absolute atomic E-state index is 11.9. The van der Waals surface area contributed by atoms with E-state index in [9.17, 15) is 9.59 Å². The van der Waals surface area contributed by atoms with Crippen molar-refractivity contribution in [1.29, 1.82) is 0 Å². The lowest BCUT2D eigenvalue weighted by atomic mass is 10.2. The number of aliphatic carboxylic acids is 1. The van der Waals surface area contributed by atoms with Gasteiger partial charge in [0.15, 0.2) is 0 Å². The van der Waals surface area contributed by atoms with Crippen LogP contribution in [0.25, 0.3) is 0 Å². The van der Waals surface area contributed by atoms with Crippen LogP contribution in [0, 0.1) is 0 Å². The highest BCUT2D eigenvalue weighted by Crippen LogP contribution is 2.00. The molecule has 0 radical (unpaired) electrons. The lowest BCUT2D eigenvalue weighted by Crippen LogP contribution is -2.26. The van der Waals surface area contributed by atoms with Crippen LogP contribution in [0.15, 0.2) is 47.5 Å². The van der Waals surface area contributed by atoms with Crippen LogP contribution >= 0.6 is 0 Å². The molecule has 0 aliphatic carbocycles. The molecule has 0 saturated heterocycles. The smallest absolute Gasteiger partial charge is 0.309 e. The van der Waals surface area contributed by atoms with E-state index in [0.29, 0.717) is 6.54 Å². The number of hydrogen-bond acceptors (Lipinski definition) is 3. The van der Waals surface area contributed by atoms with Crippen molar-refractivity contribution in [3.63, 3.8) is 0 Å². The molecule has 5 heteroatoms. The third-order valence-electron chi connectivity index (χ3n) is 2.50. The van der Waals surface area contributed by atoms with Crippen LogP contribution in [0.4, 0.5) is 0 Å². The molecule has 0 amide bonds. The fraction of sp³-hybridized carbons (Fsp3) is 0.154. The Morgan fingerprint density at radius 2 is 2.00 bits per heavy atom. The second-order valence-corrected chi connectivity index (χ2v) is 3.86. The van der Waals surface area contributed by atoms with Crippen LogP contribution in [0.2, 0.25) is 0 Å². The lowest BCUT2D eigenvalue weighted by molar-refractivity contribution is -0.136. The van der Waals surface area contributed by atoms with E-state index >= 15 is 0 Å². The van der Waals surface area contributed by atoms with Gasteiger partial charge in [-0.2, -0.15) is 0 Å². The highest BCUT2D eigenvalue weighted by Gasteiger charge is 2.09. The summed E-state index contributed by atoms with van der Waals surface area (Å²) in [4.78, 5) is 26.4. The highest BCUT2D eigenvalue weighted by atomic mass is 16.4. The second kappa shape index (κ2) is 5.27. The van der Waals surface area contributed by atoms with Crippen molar-refractivity contribution in [2.45, 2.75) is 13.0 Å². The molecule has 0 atom stereocenters. The number of rotatable bonds is 4. The Morgan fingerprint density at radius 3 is 2.67 bits per heavy atom. The Hall–Kier alpha value is -2.43. The fourth-order valence-electron chi connectivity index (χ4n) is 1.66. The summed E-state index contributed by atoms with van der Waals surface area (Å²) in [5, 5.41) is 8.68. The monoisotopic (exact) mass is 244 g/mol. The normalized spacial score (nSPS) is 10.2. The van der Waals surface area contributed by atoms with Gasteiger partial charge in [-0.15, -0.1) is 0 Å². The molecule has 1 aromatic heterocycles. The minimum atomic E-state index is -1.06. The van der Waals surface area contributed by atoms with Gasteiger partial charge in [-0.25, -0.2) is 0 Å². The standard InChI is InChI=1S/C13H12N2O3/c16-12(17)8-11-13(18)15(7-6-14-11)9-10-4-2-1-3-5-10/h1-7H,8-9H2,(H,16,17). The summed E-state index contributed by atoms with van der Waals surface area (Å²) in [5.41, 5.74) is 0.678. The van der Waals surface area contributed by atoms with E-state index in [1.165, 1.54) is 10.8 Å². The maximum atomic E-state index is 11.9. The number of carboxylic acids is 1. The van der Waals surface area contributed by atoms with E-state index in [1.807, 2.05) is 30.3 Å². The first-order chi connectivity index (χ1) is 8.66. The maximum Gasteiger partial charge on any atom is 0.309 e. The van der Waals surface area contributed by atoms with E-state index in [0.717, 1.165) is 5.56 Å². The molecular weight excluding hydrogens is 232 g/mol. The first kappa shape index (κ1) is 12.0. The Balaban J connectivity index is 2.29. The molecule has 0 spiro atoms. The quantitative estimate of drug-likeness (QED) is 0.868. The molecule has 0 saturated carbocycles. The van der Waals surface area contributed by atoms with Crippen LogP contribution in [0.1, 0.15) is 11.3 Å². The molecule has 1 aromatic carbocycles. The predicted octanol–water partition coefficient (Wildman–Crippen LogP) is 0.919. The molecule has 5 nitrogen and oxygen atoms in total. The van der Waals surface area contributed by atoms with E-state index < -0.39 is 5.97 Å². The van der Waals surface area contributed by atoms with Crippen LogP contribution < -0.4 is 5.56 Å². The van der Waals surface area contributed by atoms with Crippen molar-refractivity contribution in [3.8, 4) is 0 Å². The number of benzene rings is 1. The van der Waals surface area contributed by atoms with Gasteiger partial charge in [-0.1, -0.05) is 30.3 Å². The summed E-state index contributed by atoms with van der Waals surface area (Å²) in [7, 11) is 0. The molecule has 0 unspecified atom stereocenters. The average Bonchev–Trinajstić information content (AvgIpc) is 2.35. The zero-order chi connectivity index (χ0) is 13.0. The van der Waals surface area contributed by atoms with E-state index in [4.69, 9.17) is 5.11 Å². The number of aromatic nitrogens is 2. The second-order valence-electron chi connectivity index (χ2n) is 3.86. The Morgan fingerprint density at radius 1 is 1.28 bits per heavy atom. The SMILES string of the molecule is O=C(O)Cc1nccn(Cc2ccccc2)c1=O. The zero-order valence-corrected chi connectivity index (χ0v) is 9.61. The van der Waals surface area contributed by atoms with Gasteiger partial charge in [0, 0.05) is 12.4 Å². The van der Waals surface area contributed by atoms with Crippen LogP contribution in [-0.4, -0.2) is 20.6 Å². The summed E-state index contributed by atoms with van der Waals surface area (Å²) in [6.07, 6.45) is 2.65. The van der Waals surface area contributed by atoms with Gasteiger partial charge < -0.3 is 9.67 Å². The van der Waals surface area contributed by atoms with Gasteiger partial charge >= 0.3 is 5.97 Å². The molecule has 92 valence electrons. The lowest BCUT2D eigenvalue weighted by Gasteiger charge is -2.06. The molecule has 0 fully saturated rings. The number of carbonyl (C=O) groups is 1. The van der Waals surface area contributed by atoms with Gasteiger partial charge in [-0.3, -0.25) is 14.6 Å². The summed E-state index contributed by atoms with van der Waals surface area (Å²) >= 11 is 0. The molecule has 0 bridgehead atoms. The van der Waals surface area contributed by atoms with Gasteiger partial charge in [0.2, 0.25) is 0 Å². The summed E-state index contributed by atoms with van der Waals surface area (Å²) in [5.74, 6) is -1.06. The van der Waals surface area contributed by atoms with Crippen LogP contribution in [-0.2, 0) is 17.8 Å². The van der Waals surface area contributed by atoms with Gasteiger partial charge in [0.05, 0.1) is 13.0 Å². The molecule has 18 heavy (non-hydrogen) atoms. The molecule has 1 N–H and O–H groups in total. The molecule has 2 aromatic rings. The topological polar surface area (TPSA) is 72.2 Å². The minimum absolute atomic E-state index is 0.0564. The Labute approximate surface area is 103 Å². The molecule has 1 heterocycles. The largest absolute Gasteiger partial charge is 0.481 e. The van der Waals surface area contributed by atoms with Gasteiger partial charge in [0.25, 0.3) is 5.56 Å². The van der Waals surface area contributed by atoms with Crippen LogP contribution in [0.3, 0.4) is 0 Å². The van der Waals surface area contributed by atoms with Crippen molar-refractivity contribution in [1.82, 2.24) is 9.55 Å². The third-order valence-corrected chi connectivity index (χ3v) is 2.50. The van der Waals surface area contributed by atoms with Crippen molar-refractivity contribution in [2.24, 2.45) is 0 Å². The summed E-state index contributed by atoms with van der Waals surface area (Å²) in [6, 6.07) is 9.49. The summed E-state index contributed by atoms with van der Waals surface area (Å²) in [6.45, 7) is 0.412. The molecule has 2 rings (SSSR count). The predicted molar refractivity (Wildman–Crippen MR) is 65.4 cm³/mol. The van der Waals surface area contributed by atoms with Crippen LogP contribution in [0.5, 0.6) is 0 Å². The average molecular weight is 244 g/mol. The Kier molecular flexibility index (Phi) is 3.52. The minimum Gasteiger partial charge on any atom is -0.481 e. The molecule has 0 aliphatic rings. The number of nitrogens with zero attached hydrogens (tertiary/aromatic N) is 2. The first-order valence-electron chi connectivity index (χ1n) is 5.47. The van der Waals surface area contributed by atoms with Crippen molar-refractivity contribution >= 4 is 5.97 Å². The van der Waals surface area contributed by atoms with Gasteiger partial charge in [-0.05, 0) is 5.56 Å². The Bertz CT molecular complexity index is 605. The zero-order valence-electron chi connectivity index (χ0n) is 9.61. The number of hydrogen-bond donors (Lipinski definition) is 1. The van der Waals surface area contributed by atoms with E-state index in [-0.39, 0.29) is 17.7 Å². The number of carboxylic acid groups (broad SMARTS) is 1. The van der Waals surface area contributed by atoms with Gasteiger partial charge in [0.1, 0.15) is 5.69 Å². The fourth-order valence-corrected chi connectivity index (χ4v) is 1.66. The molecular formula is C13H12N2O3. The third kappa shape index (κ3) is 2.82. The van der Waals surface area contributed by atoms with Crippen molar-refractivity contribution < 1.29 is 9.90 Å². The van der Waals surface area contributed by atoms with Crippen molar-refractivity contribution in [2.75, 3.05) is 0 Å². The van der Waals surface area contributed by atoms with Crippen molar-refractivity contribution in [3.05, 3.63) is 64.3 Å². The van der Waals surface area contributed by atoms with E-state index in [2.05, 4.69) is 4.98 Å². The summed E-state index contributed by atoms with van der Waals surface area (Å²) < 4.78 is 1.46. The highest BCUT2D eigenvalue weighted by molar-refractivity contribution is 5.69. The van der Waals surface area contributed by atoms with E-state index in [1.54, 1.807) is 6.20 Å². The molecule has 0 aliphatic heterocycles.